The first-order valence-electron chi connectivity index (χ1n) is 9.24. The molecule has 0 radical (unpaired) electrons. The van der Waals surface area contributed by atoms with Crippen LogP contribution in [0.4, 0.5) is 0 Å². The number of hydrogen-bond donors (Lipinski definition) is 1. The summed E-state index contributed by atoms with van der Waals surface area (Å²) in [5.74, 6) is 0.462. The van der Waals surface area contributed by atoms with Crippen molar-refractivity contribution in [1.29, 1.82) is 0 Å². The summed E-state index contributed by atoms with van der Waals surface area (Å²) in [6.07, 6.45) is 3.97. The first-order chi connectivity index (χ1) is 11.9. The van der Waals surface area contributed by atoms with Gasteiger partial charge in [0, 0.05) is 18.0 Å². The van der Waals surface area contributed by atoms with E-state index in [1.54, 1.807) is 12.1 Å². The molecule has 0 bridgehead atoms. The number of aromatic nitrogens is 2. The number of rotatable bonds is 8. The van der Waals surface area contributed by atoms with E-state index in [0.717, 1.165) is 25.7 Å². The molecule has 1 unspecified atom stereocenters. The van der Waals surface area contributed by atoms with Crippen LogP contribution in [0.1, 0.15) is 63.9 Å². The summed E-state index contributed by atoms with van der Waals surface area (Å²) in [5.41, 5.74) is 0.193. The smallest absolute Gasteiger partial charge is 0.274 e. The SMILES string of the molecule is CCCn1nc(C(=O)NC(C)CCCC(C)C)c2ccccc2c1=O. The predicted molar refractivity (Wildman–Crippen MR) is 102 cm³/mol. The third kappa shape index (κ3) is 4.91. The van der Waals surface area contributed by atoms with Crippen molar-refractivity contribution >= 4 is 16.7 Å². The number of nitrogens with zero attached hydrogens (tertiary/aromatic N) is 2. The van der Waals surface area contributed by atoms with Crippen molar-refractivity contribution in [3.8, 4) is 0 Å². The number of hydrogen-bond acceptors (Lipinski definition) is 3. The molecule has 0 saturated carbocycles. The van der Waals surface area contributed by atoms with E-state index < -0.39 is 0 Å². The largest absolute Gasteiger partial charge is 0.348 e. The fraction of sp³-hybridized carbons (Fsp3) is 0.550. The van der Waals surface area contributed by atoms with E-state index in [2.05, 4.69) is 24.3 Å². The Morgan fingerprint density at radius 1 is 1.16 bits per heavy atom. The van der Waals surface area contributed by atoms with E-state index in [0.29, 0.717) is 28.9 Å². The molecular formula is C20H29N3O2. The highest BCUT2D eigenvalue weighted by Crippen LogP contribution is 2.14. The fourth-order valence-corrected chi connectivity index (χ4v) is 2.96. The van der Waals surface area contributed by atoms with Gasteiger partial charge in [-0.2, -0.15) is 5.10 Å². The molecule has 136 valence electrons. The molecule has 1 heterocycles. The zero-order valence-electron chi connectivity index (χ0n) is 15.7. The second kappa shape index (κ2) is 8.79. The topological polar surface area (TPSA) is 64.0 Å². The van der Waals surface area contributed by atoms with Crippen LogP contribution in [0.15, 0.2) is 29.1 Å². The summed E-state index contributed by atoms with van der Waals surface area (Å²) in [5, 5.41) is 8.54. The Morgan fingerprint density at radius 2 is 1.84 bits per heavy atom. The Morgan fingerprint density at radius 3 is 2.48 bits per heavy atom. The zero-order valence-corrected chi connectivity index (χ0v) is 15.7. The summed E-state index contributed by atoms with van der Waals surface area (Å²) >= 11 is 0. The Kier molecular flexibility index (Phi) is 6.73. The van der Waals surface area contributed by atoms with Crippen LogP contribution < -0.4 is 10.9 Å². The average molecular weight is 343 g/mol. The highest BCUT2D eigenvalue weighted by molar-refractivity contribution is 6.04. The lowest BCUT2D eigenvalue weighted by atomic mass is 10.0. The maximum absolute atomic E-state index is 12.7. The molecule has 25 heavy (non-hydrogen) atoms. The molecule has 0 aliphatic heterocycles. The second-order valence-electron chi connectivity index (χ2n) is 7.12. The standard InChI is InChI=1S/C20H29N3O2/c1-5-13-23-20(25)17-12-7-6-11-16(17)18(22-23)19(24)21-15(4)10-8-9-14(2)3/h6-7,11-12,14-15H,5,8-10,13H2,1-4H3,(H,21,24). The monoisotopic (exact) mass is 343 g/mol. The van der Waals surface area contributed by atoms with Gasteiger partial charge in [0.15, 0.2) is 5.69 Å². The number of carbonyl (C=O) groups excluding carboxylic acids is 1. The number of fused-ring (bicyclic) bond motifs is 1. The van der Waals surface area contributed by atoms with Crippen molar-refractivity contribution in [2.24, 2.45) is 5.92 Å². The Bertz CT molecular complexity index is 780. The summed E-state index contributed by atoms with van der Waals surface area (Å²) in [6.45, 7) is 8.92. The molecule has 1 aromatic heterocycles. The van der Waals surface area contributed by atoms with E-state index in [1.807, 2.05) is 26.0 Å². The van der Waals surface area contributed by atoms with Gasteiger partial charge >= 0.3 is 0 Å². The minimum absolute atomic E-state index is 0.0818. The van der Waals surface area contributed by atoms with Crippen LogP contribution in [-0.4, -0.2) is 21.7 Å². The van der Waals surface area contributed by atoms with Crippen LogP contribution in [0, 0.1) is 5.92 Å². The lowest BCUT2D eigenvalue weighted by Gasteiger charge is -2.16. The van der Waals surface area contributed by atoms with Crippen LogP contribution in [-0.2, 0) is 6.54 Å². The second-order valence-corrected chi connectivity index (χ2v) is 7.12. The normalized spacial score (nSPS) is 12.5. The Hall–Kier alpha value is -2.17. The van der Waals surface area contributed by atoms with Gasteiger partial charge < -0.3 is 5.32 Å². The van der Waals surface area contributed by atoms with Crippen molar-refractivity contribution in [1.82, 2.24) is 15.1 Å². The van der Waals surface area contributed by atoms with Crippen molar-refractivity contribution < 1.29 is 4.79 Å². The van der Waals surface area contributed by atoms with Crippen LogP contribution in [0.3, 0.4) is 0 Å². The molecule has 1 atom stereocenters. The maximum Gasteiger partial charge on any atom is 0.274 e. The summed E-state index contributed by atoms with van der Waals surface area (Å²) in [4.78, 5) is 25.2. The number of carbonyl (C=O) groups is 1. The van der Waals surface area contributed by atoms with Crippen molar-refractivity contribution in [2.45, 2.75) is 66.0 Å². The number of aryl methyl sites for hydroxylation is 1. The molecule has 5 heteroatoms. The van der Waals surface area contributed by atoms with Gasteiger partial charge in [0.1, 0.15) is 0 Å². The average Bonchev–Trinajstić information content (AvgIpc) is 2.57. The van der Waals surface area contributed by atoms with Crippen LogP contribution in [0.25, 0.3) is 10.8 Å². The van der Waals surface area contributed by atoms with Gasteiger partial charge in [-0.25, -0.2) is 4.68 Å². The molecule has 0 spiro atoms. The molecule has 1 amide bonds. The maximum atomic E-state index is 12.7. The molecule has 2 aromatic rings. The van der Waals surface area contributed by atoms with E-state index >= 15 is 0 Å². The molecule has 0 fully saturated rings. The van der Waals surface area contributed by atoms with E-state index in [-0.39, 0.29) is 17.5 Å². The lowest BCUT2D eigenvalue weighted by molar-refractivity contribution is 0.0932. The molecule has 1 N–H and O–H groups in total. The molecular weight excluding hydrogens is 314 g/mol. The first kappa shape index (κ1) is 19.2. The number of benzene rings is 1. The number of nitrogens with one attached hydrogen (secondary N) is 1. The van der Waals surface area contributed by atoms with Gasteiger partial charge in [0.2, 0.25) is 0 Å². The molecule has 0 aliphatic carbocycles. The van der Waals surface area contributed by atoms with Crippen LogP contribution >= 0.6 is 0 Å². The van der Waals surface area contributed by atoms with E-state index in [9.17, 15) is 9.59 Å². The van der Waals surface area contributed by atoms with Crippen LogP contribution in [0.5, 0.6) is 0 Å². The third-order valence-electron chi connectivity index (χ3n) is 4.31. The summed E-state index contributed by atoms with van der Waals surface area (Å²) in [7, 11) is 0. The number of amides is 1. The third-order valence-corrected chi connectivity index (χ3v) is 4.31. The summed E-state index contributed by atoms with van der Waals surface area (Å²) < 4.78 is 1.40. The van der Waals surface area contributed by atoms with Gasteiger partial charge in [-0.15, -0.1) is 0 Å². The highest BCUT2D eigenvalue weighted by atomic mass is 16.2. The predicted octanol–water partition coefficient (Wildman–Crippen LogP) is 3.75. The van der Waals surface area contributed by atoms with Gasteiger partial charge in [0.25, 0.3) is 11.5 Å². The molecule has 5 nitrogen and oxygen atoms in total. The fourth-order valence-electron chi connectivity index (χ4n) is 2.96. The zero-order chi connectivity index (χ0) is 18.4. The lowest BCUT2D eigenvalue weighted by Crippen LogP contribution is -2.35. The van der Waals surface area contributed by atoms with Crippen molar-refractivity contribution in [3.05, 3.63) is 40.3 Å². The minimum Gasteiger partial charge on any atom is -0.348 e. The van der Waals surface area contributed by atoms with Crippen LogP contribution in [0.2, 0.25) is 0 Å². The van der Waals surface area contributed by atoms with Gasteiger partial charge in [-0.05, 0) is 31.7 Å². The van der Waals surface area contributed by atoms with Gasteiger partial charge in [0.05, 0.1) is 5.39 Å². The Balaban J connectivity index is 2.25. The van der Waals surface area contributed by atoms with Gasteiger partial charge in [-0.3, -0.25) is 9.59 Å². The van der Waals surface area contributed by atoms with E-state index in [1.165, 1.54) is 4.68 Å². The molecule has 1 aromatic carbocycles. The first-order valence-corrected chi connectivity index (χ1v) is 9.24. The highest BCUT2D eigenvalue weighted by Gasteiger charge is 2.18. The molecule has 2 rings (SSSR count). The quantitative estimate of drug-likeness (QED) is 0.794. The van der Waals surface area contributed by atoms with E-state index in [4.69, 9.17) is 0 Å². The summed E-state index contributed by atoms with van der Waals surface area (Å²) in [6, 6.07) is 7.28. The van der Waals surface area contributed by atoms with Crippen molar-refractivity contribution in [3.63, 3.8) is 0 Å². The minimum atomic E-state index is -0.210. The molecule has 0 saturated heterocycles. The Labute approximate surface area is 149 Å². The van der Waals surface area contributed by atoms with Gasteiger partial charge in [-0.1, -0.05) is 51.8 Å². The van der Waals surface area contributed by atoms with Crippen molar-refractivity contribution in [2.75, 3.05) is 0 Å². The molecule has 0 aliphatic rings.